The summed E-state index contributed by atoms with van der Waals surface area (Å²) in [6, 6.07) is 10.6. The number of allylic oxidation sites excluding steroid dienone is 1. The molecule has 0 spiro atoms. The van der Waals surface area contributed by atoms with Gasteiger partial charge in [-0.1, -0.05) is 42.5 Å². The van der Waals surface area contributed by atoms with Crippen molar-refractivity contribution in [3.05, 3.63) is 111 Å². The molecule has 38 heavy (non-hydrogen) atoms. The monoisotopic (exact) mass is 521 g/mol. The van der Waals surface area contributed by atoms with Gasteiger partial charge in [0.1, 0.15) is 29.8 Å². The number of benzene rings is 2. The summed E-state index contributed by atoms with van der Waals surface area (Å²) in [5, 5.41) is 2.46. The smallest absolute Gasteiger partial charge is 0.275 e. The molecule has 0 aliphatic carbocycles. The van der Waals surface area contributed by atoms with E-state index < -0.39 is 41.0 Å². The number of carbonyl (C=O) groups excluding carboxylic acids is 3. The van der Waals surface area contributed by atoms with Crippen molar-refractivity contribution in [2.24, 2.45) is 0 Å². The Morgan fingerprint density at radius 3 is 2.63 bits per heavy atom. The minimum absolute atomic E-state index is 0. The molecule has 2 atom stereocenters. The minimum Gasteiger partial charge on any atom is -0.483 e. The van der Waals surface area contributed by atoms with E-state index in [1.165, 1.54) is 27.8 Å². The van der Waals surface area contributed by atoms with Crippen molar-refractivity contribution < 1.29 is 29.3 Å². The fraction of sp³-hybridized carbons (Fsp3) is 0.214. The molecule has 0 saturated carbocycles. The molecular weight excluding hydrogens is 496 g/mol. The number of ketones is 1. The summed E-state index contributed by atoms with van der Waals surface area (Å²) in [4.78, 5) is 54.6. The predicted octanol–water partition coefficient (Wildman–Crippen LogP) is 3.41. The van der Waals surface area contributed by atoms with Crippen molar-refractivity contribution in [1.82, 2.24) is 14.8 Å². The van der Waals surface area contributed by atoms with E-state index in [1.54, 1.807) is 37.3 Å². The van der Waals surface area contributed by atoms with Crippen LogP contribution in [0.4, 0.5) is 8.78 Å². The first-order valence-corrected chi connectivity index (χ1v) is 12.0. The van der Waals surface area contributed by atoms with Crippen molar-refractivity contribution in [2.75, 3.05) is 6.54 Å². The molecule has 0 unspecified atom stereocenters. The number of rotatable bonds is 6. The molecule has 3 heterocycles. The van der Waals surface area contributed by atoms with Gasteiger partial charge in [0.05, 0.1) is 0 Å². The van der Waals surface area contributed by atoms with Crippen LogP contribution in [0.15, 0.2) is 71.7 Å². The van der Waals surface area contributed by atoms with E-state index >= 15 is 0 Å². The van der Waals surface area contributed by atoms with Crippen LogP contribution in [0.25, 0.3) is 0 Å². The van der Waals surface area contributed by atoms with Crippen LogP contribution in [0.2, 0.25) is 0 Å². The lowest BCUT2D eigenvalue weighted by molar-refractivity contribution is -0.118. The van der Waals surface area contributed by atoms with E-state index in [0.717, 1.165) is 11.6 Å². The molecule has 2 amide bonds. The van der Waals surface area contributed by atoms with Crippen molar-refractivity contribution in [3.8, 4) is 5.75 Å². The van der Waals surface area contributed by atoms with E-state index in [9.17, 15) is 28.0 Å². The number of ether oxygens (including phenoxy) is 1. The number of halogens is 2. The first kappa shape index (κ1) is 25.1. The fourth-order valence-corrected chi connectivity index (χ4v) is 4.54. The topological polar surface area (TPSA) is 97.7 Å². The molecule has 3 aromatic rings. The summed E-state index contributed by atoms with van der Waals surface area (Å²) in [5.74, 6) is -3.63. The molecule has 0 saturated heterocycles. The largest absolute Gasteiger partial charge is 0.483 e. The third kappa shape index (κ3) is 4.60. The summed E-state index contributed by atoms with van der Waals surface area (Å²) < 4.78 is 34.5. The first-order chi connectivity index (χ1) is 18.2. The summed E-state index contributed by atoms with van der Waals surface area (Å²) in [6.07, 6.45) is 4.17. The Bertz CT molecular complexity index is 1540. The van der Waals surface area contributed by atoms with Crippen molar-refractivity contribution >= 4 is 17.6 Å². The average molecular weight is 522 g/mol. The molecule has 2 bridgehead atoms. The normalized spacial score (nSPS) is 18.1. The van der Waals surface area contributed by atoms with Crippen LogP contribution in [0.3, 0.4) is 0 Å². The van der Waals surface area contributed by atoms with Gasteiger partial charge in [-0.2, -0.15) is 0 Å². The number of hydrogen-bond acceptors (Lipinski definition) is 5. The third-order valence-corrected chi connectivity index (χ3v) is 6.65. The zero-order valence-electron chi connectivity index (χ0n) is 20.3. The Morgan fingerprint density at radius 1 is 1.13 bits per heavy atom. The number of nitrogens with zero attached hydrogens (tertiary/aromatic N) is 2. The third-order valence-electron chi connectivity index (χ3n) is 6.65. The number of carbonyl (C=O) groups is 3. The van der Waals surface area contributed by atoms with Gasteiger partial charge in [-0.25, -0.2) is 8.78 Å². The number of hydrogen-bond donors (Lipinski definition) is 1. The molecule has 0 radical (unpaired) electrons. The summed E-state index contributed by atoms with van der Waals surface area (Å²) in [6.45, 7) is 1.44. The molecule has 2 aliphatic heterocycles. The average Bonchev–Trinajstić information content (AvgIpc) is 3.03. The van der Waals surface area contributed by atoms with Gasteiger partial charge in [-0.15, -0.1) is 0 Å². The van der Waals surface area contributed by atoms with Crippen molar-refractivity contribution in [1.29, 1.82) is 0 Å². The van der Waals surface area contributed by atoms with Gasteiger partial charge in [0.25, 0.3) is 11.8 Å². The van der Waals surface area contributed by atoms with E-state index in [4.69, 9.17) is 4.74 Å². The van der Waals surface area contributed by atoms with Crippen LogP contribution in [-0.2, 0) is 17.9 Å². The highest BCUT2D eigenvalue weighted by Gasteiger charge is 2.41. The van der Waals surface area contributed by atoms with Crippen LogP contribution >= 0.6 is 0 Å². The molecule has 196 valence electrons. The molecule has 2 aromatic carbocycles. The van der Waals surface area contributed by atoms with Gasteiger partial charge in [-0.05, 0) is 24.6 Å². The Balaban J connectivity index is 0.00000353. The Labute approximate surface area is 217 Å². The highest BCUT2D eigenvalue weighted by Crippen LogP contribution is 2.31. The summed E-state index contributed by atoms with van der Waals surface area (Å²) in [5.41, 5.74) is -0.603. The summed E-state index contributed by atoms with van der Waals surface area (Å²) in [7, 11) is 0. The Hall–Kier alpha value is -4.60. The highest BCUT2D eigenvalue weighted by atomic mass is 19.1. The molecular formula is C28H25F2N3O5. The maximum atomic E-state index is 14.1. The number of fused-ring (bicyclic) bond motifs is 4. The lowest BCUT2D eigenvalue weighted by atomic mass is 10.0. The van der Waals surface area contributed by atoms with Crippen molar-refractivity contribution in [2.45, 2.75) is 32.2 Å². The summed E-state index contributed by atoms with van der Waals surface area (Å²) >= 11 is 0. The standard InChI is InChI=1S/C28H23F2N3O5.H2/c1-16-7-10-23(34)22-14-32(16)28(37)24-26(38-15-17-5-3-2-4-6-17)25(35)20(13-33(22)24)27(36)31-12-18-8-9-19(29)11-21(18)30;/h2-11,13,16,22H,12,14-15H2,1H3,(H,31,36);1H/t16-,22+;/m0./s1. The maximum absolute atomic E-state index is 14.1. The lowest BCUT2D eigenvalue weighted by Crippen LogP contribution is -2.49. The molecule has 8 nitrogen and oxygen atoms in total. The number of amides is 2. The van der Waals surface area contributed by atoms with E-state index in [2.05, 4.69) is 5.32 Å². The van der Waals surface area contributed by atoms with Gasteiger partial charge in [0, 0.05) is 38.4 Å². The molecule has 10 heteroatoms. The second-order valence-corrected chi connectivity index (χ2v) is 9.12. The molecule has 1 N–H and O–H groups in total. The van der Waals surface area contributed by atoms with Crippen LogP contribution in [-0.4, -0.2) is 39.7 Å². The zero-order chi connectivity index (χ0) is 27.0. The van der Waals surface area contributed by atoms with Crippen LogP contribution in [0.5, 0.6) is 5.75 Å². The molecule has 5 rings (SSSR count). The number of nitrogens with one attached hydrogen (secondary N) is 1. The quantitative estimate of drug-likeness (QED) is 0.536. The van der Waals surface area contributed by atoms with Gasteiger partial charge >= 0.3 is 0 Å². The molecule has 0 fully saturated rings. The zero-order valence-corrected chi connectivity index (χ0v) is 20.3. The van der Waals surface area contributed by atoms with Crippen LogP contribution in [0.1, 0.15) is 46.4 Å². The van der Waals surface area contributed by atoms with Crippen LogP contribution < -0.4 is 15.5 Å². The van der Waals surface area contributed by atoms with E-state index in [1.807, 2.05) is 6.07 Å². The van der Waals surface area contributed by atoms with E-state index in [0.29, 0.717) is 6.07 Å². The lowest BCUT2D eigenvalue weighted by Gasteiger charge is -2.36. The van der Waals surface area contributed by atoms with Gasteiger partial charge in [-0.3, -0.25) is 19.2 Å². The molecule has 1 aromatic heterocycles. The van der Waals surface area contributed by atoms with Crippen LogP contribution in [0, 0.1) is 11.6 Å². The Morgan fingerprint density at radius 2 is 1.89 bits per heavy atom. The predicted molar refractivity (Wildman–Crippen MR) is 135 cm³/mol. The fourth-order valence-electron chi connectivity index (χ4n) is 4.54. The minimum atomic E-state index is -0.871. The van der Waals surface area contributed by atoms with Gasteiger partial charge in [0.2, 0.25) is 5.43 Å². The highest BCUT2D eigenvalue weighted by molar-refractivity contribution is 6.03. The van der Waals surface area contributed by atoms with Gasteiger partial charge in [0.15, 0.2) is 17.2 Å². The van der Waals surface area contributed by atoms with Gasteiger partial charge < -0.3 is 19.5 Å². The molecule has 2 aliphatic rings. The Kier molecular flexibility index (Phi) is 6.62. The second-order valence-electron chi connectivity index (χ2n) is 9.12. The number of pyridine rings is 1. The SMILES string of the molecule is C[C@H]1C=CC(=O)[C@H]2CN1C(=O)c1c(OCc3ccccc3)c(=O)c(C(=O)NCc3ccc(F)cc3F)cn12.[HH]. The second kappa shape index (κ2) is 10.0. The first-order valence-electron chi connectivity index (χ1n) is 12.0. The maximum Gasteiger partial charge on any atom is 0.275 e. The van der Waals surface area contributed by atoms with Crippen molar-refractivity contribution in [3.63, 3.8) is 0 Å². The number of aromatic nitrogens is 1. The van der Waals surface area contributed by atoms with E-state index in [-0.39, 0.29) is 49.5 Å².